The van der Waals surface area contributed by atoms with Crippen LogP contribution < -0.4 is 4.90 Å². The molecule has 3 nitrogen and oxygen atoms in total. The Morgan fingerprint density at radius 1 is 0.833 bits per heavy atom. The third kappa shape index (κ3) is 2.38. The molecule has 0 fully saturated rings. The maximum atomic E-state index is 10.3. The summed E-state index contributed by atoms with van der Waals surface area (Å²) in [5.74, 6) is 0.290. The number of fused-ring (bicyclic) bond motifs is 3. The van der Waals surface area contributed by atoms with Crippen molar-refractivity contribution in [3.63, 3.8) is 0 Å². The maximum absolute atomic E-state index is 10.3. The molecule has 0 spiro atoms. The van der Waals surface area contributed by atoms with Gasteiger partial charge in [0.25, 0.3) is 0 Å². The molecule has 1 unspecified atom stereocenters. The molecule has 1 aliphatic rings. The largest absolute Gasteiger partial charge is 0.507 e. The Balaban J connectivity index is 1.79. The quantitative estimate of drug-likeness (QED) is 0.452. The van der Waals surface area contributed by atoms with Crippen LogP contribution in [0.15, 0.2) is 91.3 Å². The van der Waals surface area contributed by atoms with Crippen LogP contribution in [0.25, 0.3) is 16.8 Å². The van der Waals surface area contributed by atoms with E-state index in [4.69, 9.17) is 0 Å². The lowest BCUT2D eigenvalue weighted by atomic mass is 9.73. The fraction of sp³-hybridized carbons (Fsp3) is 0.185. The van der Waals surface area contributed by atoms with Crippen LogP contribution in [0.5, 0.6) is 5.75 Å². The highest BCUT2D eigenvalue weighted by Gasteiger charge is 2.56. The number of benzene rings is 3. The van der Waals surface area contributed by atoms with Crippen molar-refractivity contribution >= 4 is 22.5 Å². The van der Waals surface area contributed by atoms with Gasteiger partial charge in [0, 0.05) is 36.1 Å². The van der Waals surface area contributed by atoms with Crippen molar-refractivity contribution in [2.24, 2.45) is 0 Å². The van der Waals surface area contributed by atoms with Crippen LogP contribution in [-0.4, -0.2) is 16.7 Å². The van der Waals surface area contributed by atoms with Gasteiger partial charge in [-0.1, -0.05) is 68.5 Å². The van der Waals surface area contributed by atoms with Crippen molar-refractivity contribution < 1.29 is 5.11 Å². The first kappa shape index (κ1) is 18.6. The molecule has 1 aromatic heterocycles. The number of phenols is 1. The van der Waals surface area contributed by atoms with Crippen LogP contribution in [0.2, 0.25) is 0 Å². The smallest absolute Gasteiger partial charge is 0.145 e. The Kier molecular flexibility index (Phi) is 4.04. The van der Waals surface area contributed by atoms with Crippen LogP contribution in [0.1, 0.15) is 25.0 Å². The minimum Gasteiger partial charge on any atom is -0.507 e. The summed E-state index contributed by atoms with van der Waals surface area (Å²) in [5, 5.41) is 12.9. The first-order chi connectivity index (χ1) is 14.5. The summed E-state index contributed by atoms with van der Waals surface area (Å²) in [5.41, 5.74) is 2.69. The third-order valence-corrected chi connectivity index (χ3v) is 6.75. The second-order valence-corrected chi connectivity index (χ2v) is 8.57. The highest BCUT2D eigenvalue weighted by Crippen LogP contribution is 2.56. The van der Waals surface area contributed by atoms with Crippen LogP contribution in [0, 0.1) is 0 Å². The maximum Gasteiger partial charge on any atom is 0.145 e. The number of para-hydroxylation sites is 1. The van der Waals surface area contributed by atoms with E-state index in [1.165, 1.54) is 22.0 Å². The predicted octanol–water partition coefficient (Wildman–Crippen LogP) is 6.14. The van der Waals surface area contributed by atoms with E-state index in [1.807, 2.05) is 24.3 Å². The van der Waals surface area contributed by atoms with Gasteiger partial charge in [-0.15, -0.1) is 0 Å². The molecule has 0 amide bonds. The molecular weight excluding hydrogens is 368 g/mol. The summed E-state index contributed by atoms with van der Waals surface area (Å²) < 4.78 is 2.28. The first-order valence-corrected chi connectivity index (χ1v) is 10.3. The number of hydrogen-bond donors (Lipinski definition) is 1. The Morgan fingerprint density at radius 2 is 1.53 bits per heavy atom. The number of rotatable bonds is 3. The number of likely N-dealkylation sites (N-methyl/N-ethyl adjacent to an activating group) is 1. The lowest BCUT2D eigenvalue weighted by Gasteiger charge is -2.46. The highest BCUT2D eigenvalue weighted by atomic mass is 16.3. The van der Waals surface area contributed by atoms with E-state index < -0.39 is 5.66 Å². The van der Waals surface area contributed by atoms with E-state index in [9.17, 15) is 5.11 Å². The highest BCUT2D eigenvalue weighted by molar-refractivity contribution is 5.94. The molecule has 5 rings (SSSR count). The van der Waals surface area contributed by atoms with Crippen molar-refractivity contribution in [1.82, 2.24) is 4.57 Å². The van der Waals surface area contributed by atoms with Crippen molar-refractivity contribution in [2.45, 2.75) is 24.9 Å². The van der Waals surface area contributed by atoms with Crippen molar-refractivity contribution in [3.8, 4) is 5.75 Å². The Hall–Kier alpha value is -3.46. The van der Waals surface area contributed by atoms with Crippen LogP contribution in [0.4, 0.5) is 5.69 Å². The molecule has 0 saturated heterocycles. The van der Waals surface area contributed by atoms with Crippen molar-refractivity contribution in [3.05, 3.63) is 102 Å². The molecule has 0 radical (unpaired) electrons. The average Bonchev–Trinajstić information content (AvgIpc) is 3.34. The van der Waals surface area contributed by atoms with Gasteiger partial charge in [0.05, 0.1) is 0 Å². The second-order valence-electron chi connectivity index (χ2n) is 8.57. The number of hydrogen-bond acceptors (Lipinski definition) is 2. The molecule has 0 aliphatic carbocycles. The number of aromatic hydroxyl groups is 1. The summed E-state index contributed by atoms with van der Waals surface area (Å²) in [4.78, 5) is 2.37. The zero-order valence-electron chi connectivity index (χ0n) is 17.6. The van der Waals surface area contributed by atoms with Gasteiger partial charge in [-0.3, -0.25) is 0 Å². The van der Waals surface area contributed by atoms with Gasteiger partial charge in [-0.2, -0.15) is 0 Å². The third-order valence-electron chi connectivity index (χ3n) is 6.75. The average molecular weight is 395 g/mol. The van der Waals surface area contributed by atoms with E-state index in [0.29, 0.717) is 0 Å². The van der Waals surface area contributed by atoms with E-state index in [-0.39, 0.29) is 11.2 Å². The molecule has 2 heterocycles. The topological polar surface area (TPSA) is 28.4 Å². The van der Waals surface area contributed by atoms with Gasteiger partial charge in [0.15, 0.2) is 0 Å². The molecule has 1 atom stereocenters. The fourth-order valence-corrected chi connectivity index (χ4v) is 5.28. The van der Waals surface area contributed by atoms with Gasteiger partial charge >= 0.3 is 0 Å². The summed E-state index contributed by atoms with van der Waals surface area (Å²) >= 11 is 0. The fourth-order valence-electron chi connectivity index (χ4n) is 5.28. The normalized spacial score (nSPS) is 20.2. The number of nitrogens with zero attached hydrogens (tertiary/aromatic N) is 2. The van der Waals surface area contributed by atoms with Gasteiger partial charge in [0.1, 0.15) is 11.4 Å². The molecule has 0 bridgehead atoms. The Bertz CT molecular complexity index is 1250. The van der Waals surface area contributed by atoms with Crippen LogP contribution in [-0.2, 0) is 11.1 Å². The molecule has 150 valence electrons. The minimum atomic E-state index is -0.467. The monoisotopic (exact) mass is 394 g/mol. The van der Waals surface area contributed by atoms with Crippen molar-refractivity contribution in [2.75, 3.05) is 11.9 Å². The summed E-state index contributed by atoms with van der Waals surface area (Å²) in [6, 6.07) is 24.7. The Morgan fingerprint density at radius 3 is 2.30 bits per heavy atom. The van der Waals surface area contributed by atoms with Gasteiger partial charge in [-0.05, 0) is 46.7 Å². The predicted molar refractivity (Wildman–Crippen MR) is 125 cm³/mol. The molecule has 0 saturated carbocycles. The van der Waals surface area contributed by atoms with Crippen LogP contribution in [0.3, 0.4) is 0 Å². The zero-order valence-corrected chi connectivity index (χ0v) is 17.6. The van der Waals surface area contributed by atoms with Gasteiger partial charge < -0.3 is 14.6 Å². The molecular formula is C27H26N2O. The lowest BCUT2D eigenvalue weighted by molar-refractivity contribution is 0.239. The molecule has 4 aromatic rings. The minimum absolute atomic E-state index is 0.238. The molecule has 1 N–H and O–H groups in total. The summed E-state index contributed by atoms with van der Waals surface area (Å²) in [6.07, 6.45) is 8.53. The second kappa shape index (κ2) is 6.53. The lowest BCUT2D eigenvalue weighted by Crippen LogP contribution is -2.54. The first-order valence-electron chi connectivity index (χ1n) is 10.3. The summed E-state index contributed by atoms with van der Waals surface area (Å²) in [6.45, 7) is 4.63. The number of aromatic nitrogens is 1. The van der Waals surface area contributed by atoms with E-state index >= 15 is 0 Å². The standard InChI is InChI=1S/C27H26N2O/c1-26(2)25-22-12-6-4-10-20(22)14-15-23(25)28(3)27(26,29-18-8-9-19-29)17-16-21-11-5-7-13-24(21)30/h4-19,30H,1-3H3/b17-16+. The molecule has 1 aliphatic heterocycles. The SMILES string of the molecule is CN1c2ccc3ccccc3c2C(C)(C)C1(/C=C/c1ccccc1O)n1cccc1. The number of anilines is 1. The Labute approximate surface area is 177 Å². The van der Waals surface area contributed by atoms with E-state index in [0.717, 1.165) is 5.56 Å². The number of phenolic OH excluding ortho intramolecular Hbond substituents is 1. The zero-order chi connectivity index (χ0) is 20.9. The van der Waals surface area contributed by atoms with E-state index in [2.05, 4.69) is 97.4 Å². The van der Waals surface area contributed by atoms with E-state index in [1.54, 1.807) is 6.07 Å². The molecule has 3 aromatic carbocycles. The summed E-state index contributed by atoms with van der Waals surface area (Å²) in [7, 11) is 2.16. The molecule has 30 heavy (non-hydrogen) atoms. The van der Waals surface area contributed by atoms with Crippen LogP contribution >= 0.6 is 0 Å². The van der Waals surface area contributed by atoms with Gasteiger partial charge in [0.2, 0.25) is 0 Å². The van der Waals surface area contributed by atoms with Gasteiger partial charge in [-0.25, -0.2) is 0 Å². The molecule has 3 heteroatoms. The van der Waals surface area contributed by atoms with Crippen molar-refractivity contribution in [1.29, 1.82) is 0 Å².